The van der Waals surface area contributed by atoms with Gasteiger partial charge in [0.05, 0.1) is 24.5 Å². The number of amides is 1. The normalized spacial score (nSPS) is 27.4. The number of nitrogens with zero attached hydrogens (tertiary/aromatic N) is 4. The molecule has 8 nitrogen and oxygen atoms in total. The molecule has 0 aliphatic carbocycles. The van der Waals surface area contributed by atoms with Gasteiger partial charge in [0.15, 0.2) is 5.69 Å². The van der Waals surface area contributed by atoms with Crippen LogP contribution in [0.2, 0.25) is 0 Å². The minimum Gasteiger partial charge on any atom is -0.380 e. The number of piperazine rings is 1. The zero-order chi connectivity index (χ0) is 19.5. The van der Waals surface area contributed by atoms with Crippen molar-refractivity contribution in [3.63, 3.8) is 0 Å². The fraction of sp³-hybridized carbons (Fsp3) is 0.800. The number of fused-ring (bicyclic) bond motifs is 1. The van der Waals surface area contributed by atoms with Gasteiger partial charge in [-0.05, 0) is 20.3 Å². The second-order valence-electron chi connectivity index (χ2n) is 8.20. The van der Waals surface area contributed by atoms with Gasteiger partial charge in [-0.15, -0.1) is 0 Å². The highest BCUT2D eigenvalue weighted by atomic mass is 16.5. The smallest absolute Gasteiger partial charge is 0.274 e. The molecule has 0 saturated carbocycles. The van der Waals surface area contributed by atoms with Gasteiger partial charge >= 0.3 is 0 Å². The van der Waals surface area contributed by atoms with Gasteiger partial charge in [0.2, 0.25) is 0 Å². The van der Waals surface area contributed by atoms with E-state index in [1.165, 1.54) is 0 Å². The molecule has 1 N–H and O–H groups in total. The number of aromatic nitrogens is 2. The highest BCUT2D eigenvalue weighted by Gasteiger charge is 2.32. The van der Waals surface area contributed by atoms with E-state index in [1.807, 2.05) is 11.8 Å². The molecule has 1 aromatic heterocycles. The van der Waals surface area contributed by atoms with E-state index in [0.29, 0.717) is 5.69 Å². The Kier molecular flexibility index (Phi) is 6.30. The number of nitrogens with one attached hydrogen (secondary N) is 1. The molecule has 3 aliphatic rings. The van der Waals surface area contributed by atoms with Crippen molar-refractivity contribution in [1.29, 1.82) is 0 Å². The topological polar surface area (TPSA) is 73.9 Å². The van der Waals surface area contributed by atoms with Crippen LogP contribution in [0.4, 0.5) is 0 Å². The summed E-state index contributed by atoms with van der Waals surface area (Å²) in [5, 5.41) is 7.39. The Bertz CT molecular complexity index is 663. The van der Waals surface area contributed by atoms with Gasteiger partial charge in [-0.3, -0.25) is 19.7 Å². The minimum atomic E-state index is -0.0333. The quantitative estimate of drug-likeness (QED) is 0.823. The molecule has 0 radical (unpaired) electrons. The van der Waals surface area contributed by atoms with Crippen LogP contribution in [0.3, 0.4) is 0 Å². The number of hydrogen-bond acceptors (Lipinski definition) is 6. The molecule has 2 saturated heterocycles. The molecule has 0 bridgehead atoms. The van der Waals surface area contributed by atoms with E-state index in [1.54, 1.807) is 0 Å². The lowest BCUT2D eigenvalue weighted by Crippen LogP contribution is -2.50. The van der Waals surface area contributed by atoms with Crippen molar-refractivity contribution in [2.45, 2.75) is 38.9 Å². The molecule has 4 rings (SSSR count). The molecule has 0 unspecified atom stereocenters. The first kappa shape index (κ1) is 19.8. The molecule has 28 heavy (non-hydrogen) atoms. The van der Waals surface area contributed by atoms with Crippen molar-refractivity contribution in [3.05, 3.63) is 17.0 Å². The highest BCUT2D eigenvalue weighted by molar-refractivity contribution is 5.94. The molecule has 0 spiro atoms. The minimum absolute atomic E-state index is 0.0333. The largest absolute Gasteiger partial charge is 0.380 e. The Balaban J connectivity index is 1.29. The van der Waals surface area contributed by atoms with Gasteiger partial charge in [0, 0.05) is 70.9 Å². The van der Waals surface area contributed by atoms with Crippen molar-refractivity contribution in [1.82, 2.24) is 24.9 Å². The van der Waals surface area contributed by atoms with Gasteiger partial charge in [-0.25, -0.2) is 0 Å². The molecular formula is C20H33N5O3. The van der Waals surface area contributed by atoms with Crippen LogP contribution in [0, 0.1) is 0 Å². The average Bonchev–Trinajstić information content (AvgIpc) is 2.94. The number of H-pyrrole nitrogens is 1. The van der Waals surface area contributed by atoms with E-state index >= 15 is 0 Å². The number of carbonyl (C=O) groups is 1. The third-order valence-electron chi connectivity index (χ3n) is 6.14. The van der Waals surface area contributed by atoms with E-state index in [-0.39, 0.29) is 18.1 Å². The molecule has 0 aromatic carbocycles. The lowest BCUT2D eigenvalue weighted by Gasteiger charge is -2.35. The van der Waals surface area contributed by atoms with Crippen LogP contribution < -0.4 is 0 Å². The molecular weight excluding hydrogens is 358 g/mol. The molecule has 3 aliphatic heterocycles. The number of aromatic amines is 1. The van der Waals surface area contributed by atoms with Crippen LogP contribution in [-0.2, 0) is 15.9 Å². The van der Waals surface area contributed by atoms with Crippen LogP contribution in [0.5, 0.6) is 0 Å². The molecule has 2 fully saturated rings. The summed E-state index contributed by atoms with van der Waals surface area (Å²) in [5.41, 5.74) is 2.60. The Morgan fingerprint density at radius 2 is 1.82 bits per heavy atom. The first-order valence-electron chi connectivity index (χ1n) is 10.7. The van der Waals surface area contributed by atoms with Gasteiger partial charge in [0.25, 0.3) is 5.91 Å². The van der Waals surface area contributed by atoms with Gasteiger partial charge in [-0.2, -0.15) is 5.10 Å². The third-order valence-corrected chi connectivity index (χ3v) is 6.14. The predicted octanol–water partition coefficient (Wildman–Crippen LogP) is 0.912. The van der Waals surface area contributed by atoms with E-state index in [0.717, 1.165) is 89.7 Å². The molecule has 156 valence electrons. The van der Waals surface area contributed by atoms with Crippen molar-refractivity contribution in [3.8, 4) is 0 Å². The van der Waals surface area contributed by atoms with Crippen LogP contribution in [0.15, 0.2) is 0 Å². The second kappa shape index (κ2) is 8.90. The first-order valence-corrected chi connectivity index (χ1v) is 10.7. The van der Waals surface area contributed by atoms with Crippen LogP contribution in [0.1, 0.15) is 48.1 Å². The predicted molar refractivity (Wildman–Crippen MR) is 105 cm³/mol. The van der Waals surface area contributed by atoms with Crippen LogP contribution in [0.25, 0.3) is 0 Å². The summed E-state index contributed by atoms with van der Waals surface area (Å²) in [5.74, 6) is 0.0584. The Labute approximate surface area is 167 Å². The van der Waals surface area contributed by atoms with Crippen LogP contribution >= 0.6 is 0 Å². The molecule has 4 heterocycles. The summed E-state index contributed by atoms with van der Waals surface area (Å²) in [6, 6.07) is 0. The number of ether oxygens (including phenoxy) is 2. The summed E-state index contributed by atoms with van der Waals surface area (Å²) in [6.45, 7) is 13.5. The summed E-state index contributed by atoms with van der Waals surface area (Å²) < 4.78 is 11.4. The zero-order valence-electron chi connectivity index (χ0n) is 17.2. The number of carbonyl (C=O) groups excluding carboxylic acids is 1. The zero-order valence-corrected chi connectivity index (χ0v) is 17.2. The lowest BCUT2D eigenvalue weighted by atomic mass is 9.99. The van der Waals surface area contributed by atoms with Crippen molar-refractivity contribution in [2.24, 2.45) is 0 Å². The highest BCUT2D eigenvalue weighted by Crippen LogP contribution is 2.30. The number of hydrogen-bond donors (Lipinski definition) is 1. The lowest BCUT2D eigenvalue weighted by molar-refractivity contribution is -0.00704. The Morgan fingerprint density at radius 1 is 1.07 bits per heavy atom. The molecule has 1 amide bonds. The van der Waals surface area contributed by atoms with Crippen molar-refractivity contribution < 1.29 is 14.3 Å². The molecule has 1 aromatic rings. The second-order valence-corrected chi connectivity index (χ2v) is 8.20. The first-order chi connectivity index (χ1) is 13.6. The van der Waals surface area contributed by atoms with Gasteiger partial charge in [-0.1, -0.05) is 0 Å². The van der Waals surface area contributed by atoms with E-state index in [9.17, 15) is 4.79 Å². The maximum absolute atomic E-state index is 13.1. The van der Waals surface area contributed by atoms with E-state index < -0.39 is 0 Å². The maximum atomic E-state index is 13.1. The van der Waals surface area contributed by atoms with Crippen LogP contribution in [-0.4, -0.2) is 102 Å². The standard InChI is InChI=1S/C20H33N5O3/c1-15-14-17-18(16(2)28-15)21-22-19(17)20(26)25-9-7-24(8-10-25)6-5-23-4-3-12-27-13-11-23/h15-16H,3-14H2,1-2H3,(H,21,22)/t15-,16+/m1/s1. The fourth-order valence-electron chi connectivity index (χ4n) is 4.48. The fourth-order valence-corrected chi connectivity index (χ4v) is 4.48. The Hall–Kier alpha value is -1.48. The van der Waals surface area contributed by atoms with Gasteiger partial charge in [0.1, 0.15) is 0 Å². The summed E-state index contributed by atoms with van der Waals surface area (Å²) in [4.78, 5) is 20.0. The maximum Gasteiger partial charge on any atom is 0.274 e. The van der Waals surface area contributed by atoms with E-state index in [4.69, 9.17) is 9.47 Å². The van der Waals surface area contributed by atoms with Gasteiger partial charge < -0.3 is 14.4 Å². The summed E-state index contributed by atoms with van der Waals surface area (Å²) in [7, 11) is 0. The summed E-state index contributed by atoms with van der Waals surface area (Å²) >= 11 is 0. The average molecular weight is 392 g/mol. The summed E-state index contributed by atoms with van der Waals surface area (Å²) in [6.07, 6.45) is 1.96. The molecule has 8 heteroatoms. The van der Waals surface area contributed by atoms with E-state index in [2.05, 4.69) is 26.9 Å². The Morgan fingerprint density at radius 3 is 2.61 bits per heavy atom. The van der Waals surface area contributed by atoms with Crippen molar-refractivity contribution in [2.75, 3.05) is 65.6 Å². The number of rotatable bonds is 4. The SMILES string of the molecule is C[C@@H]1Cc2c(C(=O)N3CCN(CCN4CCCOCC4)CC3)n[nH]c2[C@H](C)O1. The monoisotopic (exact) mass is 391 g/mol. The molecule has 2 atom stereocenters. The van der Waals surface area contributed by atoms with Crippen molar-refractivity contribution >= 4 is 5.91 Å². The third kappa shape index (κ3) is 4.40.